The third-order valence-corrected chi connectivity index (χ3v) is 4.76. The molecule has 0 unspecified atom stereocenters. The molecule has 0 atom stereocenters. The molecule has 0 radical (unpaired) electrons. The van der Waals surface area contributed by atoms with Gasteiger partial charge in [0.25, 0.3) is 0 Å². The van der Waals surface area contributed by atoms with Gasteiger partial charge < -0.3 is 16.8 Å². The quantitative estimate of drug-likeness (QED) is 0.727. The molecule has 1 aromatic rings. The van der Waals surface area contributed by atoms with Crippen molar-refractivity contribution in [2.45, 2.75) is 39.0 Å². The van der Waals surface area contributed by atoms with Crippen molar-refractivity contribution < 1.29 is 4.39 Å². The van der Waals surface area contributed by atoms with Crippen LogP contribution in [0.2, 0.25) is 5.02 Å². The van der Waals surface area contributed by atoms with Gasteiger partial charge in [0.2, 0.25) is 0 Å². The van der Waals surface area contributed by atoms with E-state index in [1.165, 1.54) is 38.2 Å². The molecule has 0 aromatic heterocycles. The van der Waals surface area contributed by atoms with Crippen LogP contribution in [-0.4, -0.2) is 6.54 Å². The maximum Gasteiger partial charge on any atom is 0.169 e. The maximum absolute atomic E-state index is 14.0. The van der Waals surface area contributed by atoms with E-state index in [9.17, 15) is 4.39 Å². The second kappa shape index (κ2) is 6.53. The molecule has 1 aliphatic rings. The molecule has 3 nitrogen and oxygen atoms in total. The highest BCUT2D eigenvalue weighted by molar-refractivity contribution is 6.33. The summed E-state index contributed by atoms with van der Waals surface area (Å²) in [5.74, 6) is 0.887. The summed E-state index contributed by atoms with van der Waals surface area (Å²) in [6, 6.07) is 1.50. The molecule has 0 amide bonds. The lowest BCUT2D eigenvalue weighted by Crippen LogP contribution is -2.21. The number of rotatable bonds is 4. The second-order valence-electron chi connectivity index (χ2n) is 5.73. The van der Waals surface area contributed by atoms with Crippen molar-refractivity contribution in [1.29, 1.82) is 0 Å². The van der Waals surface area contributed by atoms with Crippen molar-refractivity contribution in [3.63, 3.8) is 0 Å². The van der Waals surface area contributed by atoms with Crippen molar-refractivity contribution in [1.82, 2.24) is 0 Å². The number of halogens is 2. The number of anilines is 3. The lowest BCUT2D eigenvalue weighted by atomic mass is 9.81. The summed E-state index contributed by atoms with van der Waals surface area (Å²) in [5, 5.41) is 3.05. The van der Waals surface area contributed by atoms with Crippen molar-refractivity contribution in [2.24, 2.45) is 11.8 Å². The second-order valence-corrected chi connectivity index (χ2v) is 6.11. The van der Waals surface area contributed by atoms with Crippen LogP contribution < -0.4 is 16.8 Å². The van der Waals surface area contributed by atoms with E-state index < -0.39 is 5.82 Å². The van der Waals surface area contributed by atoms with Crippen LogP contribution in [0.1, 0.15) is 39.0 Å². The van der Waals surface area contributed by atoms with Crippen LogP contribution in [0.25, 0.3) is 0 Å². The third kappa shape index (κ3) is 3.29. The Labute approximate surface area is 124 Å². The van der Waals surface area contributed by atoms with Crippen molar-refractivity contribution in [2.75, 3.05) is 23.3 Å². The fourth-order valence-corrected chi connectivity index (χ4v) is 3.09. The van der Waals surface area contributed by atoms with Crippen LogP contribution in [0.4, 0.5) is 21.5 Å². The van der Waals surface area contributed by atoms with Gasteiger partial charge in [0.05, 0.1) is 17.1 Å². The standard InChI is InChI=1S/C15H23ClFN3/c1-2-9-3-5-10(6-4-9)8-20-15-12(19)7-11(18)13(16)14(15)17/h7,9-10,20H,2-6,8,18-19H2,1H3. The predicted molar refractivity (Wildman–Crippen MR) is 84.5 cm³/mol. The monoisotopic (exact) mass is 299 g/mol. The molecule has 5 heteroatoms. The summed E-state index contributed by atoms with van der Waals surface area (Å²) in [6.07, 6.45) is 6.17. The van der Waals surface area contributed by atoms with Gasteiger partial charge in [-0.2, -0.15) is 0 Å². The average Bonchev–Trinajstić information content (AvgIpc) is 2.45. The minimum atomic E-state index is -0.550. The first-order valence-corrected chi connectivity index (χ1v) is 7.67. The highest BCUT2D eigenvalue weighted by Crippen LogP contribution is 2.35. The van der Waals surface area contributed by atoms with Gasteiger partial charge in [0.1, 0.15) is 5.02 Å². The number of hydrogen-bond acceptors (Lipinski definition) is 3. The van der Waals surface area contributed by atoms with Crippen LogP contribution in [-0.2, 0) is 0 Å². The van der Waals surface area contributed by atoms with E-state index >= 15 is 0 Å². The molecule has 20 heavy (non-hydrogen) atoms. The molecule has 5 N–H and O–H groups in total. The van der Waals surface area contributed by atoms with E-state index in [4.69, 9.17) is 23.1 Å². The number of nitrogens with one attached hydrogen (secondary N) is 1. The van der Waals surface area contributed by atoms with E-state index in [1.54, 1.807) is 0 Å². The summed E-state index contributed by atoms with van der Waals surface area (Å²) in [5.41, 5.74) is 12.2. The SMILES string of the molecule is CCC1CCC(CNc2c(N)cc(N)c(Cl)c2F)CC1. The smallest absolute Gasteiger partial charge is 0.169 e. The van der Waals surface area contributed by atoms with Crippen LogP contribution in [0.3, 0.4) is 0 Å². The first-order valence-electron chi connectivity index (χ1n) is 7.29. The fourth-order valence-electron chi connectivity index (χ4n) is 2.94. The highest BCUT2D eigenvalue weighted by atomic mass is 35.5. The summed E-state index contributed by atoms with van der Waals surface area (Å²) >= 11 is 5.82. The van der Waals surface area contributed by atoms with Gasteiger partial charge in [0.15, 0.2) is 5.82 Å². The zero-order valence-corrected chi connectivity index (χ0v) is 12.6. The van der Waals surface area contributed by atoms with E-state index in [-0.39, 0.29) is 16.4 Å². The molecular weight excluding hydrogens is 277 g/mol. The van der Waals surface area contributed by atoms with Gasteiger partial charge in [0, 0.05) is 6.54 Å². The molecule has 1 fully saturated rings. The van der Waals surface area contributed by atoms with E-state index in [1.807, 2.05) is 0 Å². The molecule has 1 saturated carbocycles. The summed E-state index contributed by atoms with van der Waals surface area (Å²) in [6.45, 7) is 2.98. The molecule has 1 aliphatic carbocycles. The van der Waals surface area contributed by atoms with E-state index in [0.29, 0.717) is 11.6 Å². The summed E-state index contributed by atoms with van der Waals surface area (Å²) < 4.78 is 14.0. The Hall–Kier alpha value is -1.16. The Morgan fingerprint density at radius 1 is 1.20 bits per heavy atom. The topological polar surface area (TPSA) is 64.1 Å². The minimum Gasteiger partial charge on any atom is -0.397 e. The maximum atomic E-state index is 14.0. The molecule has 112 valence electrons. The molecule has 0 aliphatic heterocycles. The van der Waals surface area contributed by atoms with Gasteiger partial charge in [-0.05, 0) is 30.7 Å². The molecule has 0 bridgehead atoms. The Bertz CT molecular complexity index is 471. The summed E-state index contributed by atoms with van der Waals surface area (Å²) in [7, 11) is 0. The molecule has 0 spiro atoms. The van der Waals surface area contributed by atoms with Crippen LogP contribution in [0.15, 0.2) is 6.07 Å². The molecule has 2 rings (SSSR count). The zero-order valence-electron chi connectivity index (χ0n) is 11.9. The van der Waals surface area contributed by atoms with Crippen LogP contribution >= 0.6 is 11.6 Å². The summed E-state index contributed by atoms with van der Waals surface area (Å²) in [4.78, 5) is 0. The van der Waals surface area contributed by atoms with Crippen molar-refractivity contribution in [3.8, 4) is 0 Å². The largest absolute Gasteiger partial charge is 0.397 e. The molecular formula is C15H23ClFN3. The highest BCUT2D eigenvalue weighted by Gasteiger charge is 2.21. The Balaban J connectivity index is 1.97. The molecule has 1 aromatic carbocycles. The lowest BCUT2D eigenvalue weighted by Gasteiger charge is -2.28. The van der Waals surface area contributed by atoms with Crippen LogP contribution in [0, 0.1) is 17.7 Å². The number of benzene rings is 1. The third-order valence-electron chi connectivity index (χ3n) is 4.38. The Morgan fingerprint density at radius 2 is 1.80 bits per heavy atom. The van der Waals surface area contributed by atoms with Crippen molar-refractivity contribution >= 4 is 28.7 Å². The van der Waals surface area contributed by atoms with Crippen molar-refractivity contribution in [3.05, 3.63) is 16.9 Å². The average molecular weight is 300 g/mol. The normalized spacial score (nSPS) is 22.8. The van der Waals surface area contributed by atoms with Gasteiger partial charge in [-0.3, -0.25) is 0 Å². The van der Waals surface area contributed by atoms with Gasteiger partial charge in [-0.1, -0.05) is 37.8 Å². The zero-order chi connectivity index (χ0) is 14.7. The lowest BCUT2D eigenvalue weighted by molar-refractivity contribution is 0.278. The van der Waals surface area contributed by atoms with E-state index in [2.05, 4.69) is 12.2 Å². The number of nitrogen functional groups attached to an aromatic ring is 2. The Kier molecular flexibility index (Phi) is 4.97. The van der Waals surface area contributed by atoms with E-state index in [0.717, 1.165) is 12.5 Å². The fraction of sp³-hybridized carbons (Fsp3) is 0.600. The van der Waals surface area contributed by atoms with Gasteiger partial charge in [-0.25, -0.2) is 4.39 Å². The molecule has 0 heterocycles. The van der Waals surface area contributed by atoms with Crippen LogP contribution in [0.5, 0.6) is 0 Å². The van der Waals surface area contributed by atoms with Gasteiger partial charge >= 0.3 is 0 Å². The Morgan fingerprint density at radius 3 is 2.40 bits per heavy atom. The van der Waals surface area contributed by atoms with Gasteiger partial charge in [-0.15, -0.1) is 0 Å². The number of nitrogens with two attached hydrogens (primary N) is 2. The number of hydrogen-bond donors (Lipinski definition) is 3. The first kappa shape index (κ1) is 15.2. The first-order chi connectivity index (χ1) is 9.52. The predicted octanol–water partition coefficient (Wildman–Crippen LogP) is 4.27. The minimum absolute atomic E-state index is 0.0589. The molecule has 0 saturated heterocycles.